The molecule has 0 radical (unpaired) electrons. The zero-order valence-electron chi connectivity index (χ0n) is 52.7. The Kier molecular flexibility index (Phi) is 23.3. The predicted molar refractivity (Wildman–Crippen MR) is 379 cm³/mol. The predicted octanol–water partition coefficient (Wildman–Crippen LogP) is 14.2. The van der Waals surface area contributed by atoms with Crippen molar-refractivity contribution >= 4 is 131 Å². The molecule has 504 valence electrons. The minimum absolute atomic E-state index is 0.201. The second-order valence-electron chi connectivity index (χ2n) is 23.4. The van der Waals surface area contributed by atoms with Gasteiger partial charge in [0.05, 0.1) is 70.8 Å². The Hall–Kier alpha value is -10.4. The summed E-state index contributed by atoms with van der Waals surface area (Å²) >= 11 is 24.7. The van der Waals surface area contributed by atoms with Crippen molar-refractivity contribution < 1.29 is 58.6 Å². The van der Waals surface area contributed by atoms with Crippen molar-refractivity contribution in [1.29, 1.82) is 0 Å². The number of amides is 3. The van der Waals surface area contributed by atoms with Crippen LogP contribution in [0.25, 0.3) is 48.5 Å². The van der Waals surface area contributed by atoms with Crippen LogP contribution in [0.3, 0.4) is 0 Å². The van der Waals surface area contributed by atoms with Crippen molar-refractivity contribution in [2.24, 2.45) is 29.0 Å². The molecule has 25 heteroatoms. The number of hydrogen-bond acceptors (Lipinski definition) is 17. The SMILES string of the molecule is NC(=O)c1cc2c(Cl)ccnc2cc1CO.NC(=O)c1cc2c(Oc3ccc(CC(=O)CC4CC4)c(Cl)c3)ccnc2cc1CO.NC(=O)c1cc2c(Oc3ccc(N)c(Cl)c3)ccnc2cc1CO.[C-]#[N+]c1cc2c(Oc3ccc(CC(=O)CC4CC4)c(Cl)c3)ccnc2cc1CO. The summed E-state index contributed by atoms with van der Waals surface area (Å²) in [6.45, 7) is 6.20. The topological polar surface area (TPSA) is 354 Å². The van der Waals surface area contributed by atoms with Crippen LogP contribution in [0.1, 0.15) is 103 Å². The van der Waals surface area contributed by atoms with Gasteiger partial charge >= 0.3 is 0 Å². The third-order valence-electron chi connectivity index (χ3n) is 16.2. The summed E-state index contributed by atoms with van der Waals surface area (Å²) in [5.74, 6) is 2.69. The van der Waals surface area contributed by atoms with Gasteiger partial charge in [0.15, 0.2) is 5.69 Å². The molecular formula is C74H63Cl4N9O12. The number of halogens is 4. The van der Waals surface area contributed by atoms with E-state index in [0.29, 0.717) is 169 Å². The maximum absolute atomic E-state index is 12.1. The molecule has 0 spiro atoms. The number of Topliss-reactive ketones (excluding diaryl/α,β-unsaturated/α-hetero) is 2. The highest BCUT2D eigenvalue weighted by Crippen LogP contribution is 2.40. The highest BCUT2D eigenvalue weighted by atomic mass is 35.5. The van der Waals surface area contributed by atoms with E-state index in [1.807, 2.05) is 6.07 Å². The van der Waals surface area contributed by atoms with Crippen molar-refractivity contribution in [1.82, 2.24) is 19.9 Å². The molecule has 7 aromatic carbocycles. The molecule has 3 amide bonds. The van der Waals surface area contributed by atoms with Crippen molar-refractivity contribution in [3.05, 3.63) is 234 Å². The number of hydrogen-bond donors (Lipinski definition) is 8. The fourth-order valence-electron chi connectivity index (χ4n) is 10.7. The molecule has 2 fully saturated rings. The number of benzene rings is 7. The van der Waals surface area contributed by atoms with E-state index in [4.69, 9.17) is 95.2 Å². The van der Waals surface area contributed by atoms with Crippen molar-refractivity contribution in [2.45, 2.75) is 77.8 Å². The molecule has 0 aliphatic heterocycles. The summed E-state index contributed by atoms with van der Waals surface area (Å²) < 4.78 is 17.8. The first-order chi connectivity index (χ1) is 47.6. The molecule has 13 rings (SSSR count). The highest BCUT2D eigenvalue weighted by Gasteiger charge is 2.26. The number of primary amides is 3. The normalized spacial score (nSPS) is 12.3. The number of nitrogens with two attached hydrogens (primary N) is 4. The minimum Gasteiger partial charge on any atom is -0.457 e. The standard InChI is InChI=1S/C23H21ClN2O4.C23H19ClN2O3.C17H14ClN3O3.C11H9ClN2O2/c24-20-10-17(4-3-14(20)8-16(28)7-13-1-2-13)30-22-5-6-26-21-9-15(12-27)18(23(25)29)11-19(21)22;1-25-21-12-19-22(10-16(21)13-27)26-7-6-23(19)29-18-5-4-15(20(24)11-18)9-17(28)8-14-2-3-14;18-13-6-10(1-2-14(13)19)24-16-3-4-21-15-5-9(8-22)11(17(20)23)7-12(15)16;12-9-1-2-14-10-3-6(5-15)7(11(13)16)4-8(9)10/h3-6,9-11,13,27H,1-2,7-8,12H2,(H2,25,29);4-7,10-12,14,27H,2-3,8-9,13H2;1-7,22H,8,19H2,(H2,20,23);1-4,15H,5H2,(H2,13,16). The number of ketones is 2. The number of rotatable bonds is 21. The van der Waals surface area contributed by atoms with Crippen LogP contribution in [0.15, 0.2) is 152 Å². The summed E-state index contributed by atoms with van der Waals surface area (Å²) in [6, 6.07) is 35.0. The van der Waals surface area contributed by atoms with E-state index >= 15 is 0 Å². The number of aliphatic hydroxyl groups excluding tert-OH is 4. The first-order valence-corrected chi connectivity index (χ1v) is 32.4. The molecule has 11 aromatic rings. The molecule has 4 heterocycles. The Morgan fingerprint density at radius 1 is 0.424 bits per heavy atom. The first-order valence-electron chi connectivity index (χ1n) is 30.9. The van der Waals surface area contributed by atoms with Gasteiger partial charge in [0.1, 0.15) is 46.1 Å². The zero-order valence-corrected chi connectivity index (χ0v) is 55.7. The molecule has 99 heavy (non-hydrogen) atoms. The van der Waals surface area contributed by atoms with E-state index in [2.05, 4.69) is 24.8 Å². The maximum Gasteiger partial charge on any atom is 0.249 e. The summed E-state index contributed by atoms with van der Waals surface area (Å²) in [4.78, 5) is 79.1. The van der Waals surface area contributed by atoms with Crippen LogP contribution >= 0.6 is 46.4 Å². The third kappa shape index (κ3) is 18.1. The monoisotopic (exact) mass is 1410 g/mol. The Bertz CT molecular complexity index is 5010. The lowest BCUT2D eigenvalue weighted by Crippen LogP contribution is -2.14. The van der Waals surface area contributed by atoms with Gasteiger partial charge < -0.3 is 57.6 Å². The Labute approximate surface area is 586 Å². The molecule has 12 N–H and O–H groups in total. The smallest absolute Gasteiger partial charge is 0.249 e. The van der Waals surface area contributed by atoms with Gasteiger partial charge in [-0.3, -0.25) is 43.9 Å². The Balaban J connectivity index is 0.000000146. The number of aliphatic hydroxyl groups is 4. The largest absolute Gasteiger partial charge is 0.457 e. The van der Waals surface area contributed by atoms with Gasteiger partial charge in [-0.2, -0.15) is 0 Å². The average molecular weight is 1410 g/mol. The Morgan fingerprint density at radius 2 is 0.768 bits per heavy atom. The van der Waals surface area contributed by atoms with Crippen molar-refractivity contribution in [3.8, 4) is 34.5 Å². The summed E-state index contributed by atoms with van der Waals surface area (Å²) in [5.41, 5.74) is 29.0. The van der Waals surface area contributed by atoms with Crippen molar-refractivity contribution in [3.63, 3.8) is 0 Å². The number of nitrogen functional groups attached to an aromatic ring is 1. The second kappa shape index (κ2) is 32.3. The highest BCUT2D eigenvalue weighted by molar-refractivity contribution is 6.35. The molecule has 0 unspecified atom stereocenters. The van der Waals surface area contributed by atoms with E-state index in [1.165, 1.54) is 0 Å². The van der Waals surface area contributed by atoms with Crippen LogP contribution < -0.4 is 37.1 Å². The molecular weight excluding hydrogens is 1350 g/mol. The zero-order chi connectivity index (χ0) is 70.6. The quantitative estimate of drug-likeness (QED) is 0.0245. The lowest BCUT2D eigenvalue weighted by molar-refractivity contribution is -0.119. The van der Waals surface area contributed by atoms with E-state index in [9.17, 15) is 39.3 Å². The number of fused-ring (bicyclic) bond motifs is 4. The number of aromatic nitrogens is 4. The first kappa shape index (κ1) is 71.4. The van der Waals surface area contributed by atoms with Gasteiger partial charge in [-0.15, -0.1) is 0 Å². The van der Waals surface area contributed by atoms with Crippen LogP contribution in [-0.4, -0.2) is 69.7 Å². The lowest BCUT2D eigenvalue weighted by Gasteiger charge is -2.12. The Morgan fingerprint density at radius 3 is 1.12 bits per heavy atom. The number of nitrogens with zero attached hydrogens (tertiary/aromatic N) is 5. The van der Waals surface area contributed by atoms with Crippen LogP contribution in [0, 0.1) is 18.4 Å². The lowest BCUT2D eigenvalue weighted by atomic mass is 10.0. The number of pyridine rings is 4. The van der Waals surface area contributed by atoms with E-state index < -0.39 is 17.7 Å². The summed E-state index contributed by atoms with van der Waals surface area (Å²) in [5, 5.41) is 41.8. The third-order valence-corrected chi connectivity index (χ3v) is 17.5. The van der Waals surface area contributed by atoms with Gasteiger partial charge in [0, 0.05) is 105 Å². The van der Waals surface area contributed by atoms with Crippen LogP contribution in [-0.2, 0) is 48.9 Å². The minimum atomic E-state index is -0.640. The fourth-order valence-corrected chi connectivity index (χ4v) is 11.5. The number of anilines is 1. The van der Waals surface area contributed by atoms with Gasteiger partial charge in [0.25, 0.3) is 0 Å². The van der Waals surface area contributed by atoms with Crippen molar-refractivity contribution in [2.75, 3.05) is 5.73 Å². The fraction of sp³-hybridized carbons (Fsp3) is 0.189. The second-order valence-corrected chi connectivity index (χ2v) is 25.0. The van der Waals surface area contributed by atoms with E-state index in [0.717, 1.165) is 36.8 Å². The molecule has 2 saturated carbocycles. The molecule has 2 aliphatic rings. The van der Waals surface area contributed by atoms with Gasteiger partial charge in [-0.25, -0.2) is 4.85 Å². The number of ether oxygens (including phenoxy) is 3. The van der Waals surface area contributed by atoms with Crippen LogP contribution in [0.4, 0.5) is 11.4 Å². The molecule has 0 atom stereocenters. The average Bonchev–Trinajstić information content (AvgIpc) is 1.05. The molecule has 21 nitrogen and oxygen atoms in total. The van der Waals surface area contributed by atoms with Crippen LogP contribution in [0.2, 0.25) is 20.1 Å². The molecule has 0 bridgehead atoms. The maximum atomic E-state index is 12.1. The number of carbonyl (C=O) groups is 5. The molecule has 0 saturated heterocycles. The van der Waals surface area contributed by atoms with Gasteiger partial charge in [0.2, 0.25) is 17.7 Å². The summed E-state index contributed by atoms with van der Waals surface area (Å²) in [7, 11) is 0. The van der Waals surface area contributed by atoms with Gasteiger partial charge in [-0.1, -0.05) is 58.5 Å². The van der Waals surface area contributed by atoms with E-state index in [1.54, 1.807) is 146 Å². The van der Waals surface area contributed by atoms with E-state index in [-0.39, 0.29) is 54.7 Å². The molecule has 4 aromatic heterocycles. The molecule has 2 aliphatic carbocycles. The summed E-state index contributed by atoms with van der Waals surface area (Å²) in [6.07, 6.45) is 12.8. The van der Waals surface area contributed by atoms with Crippen LogP contribution in [0.5, 0.6) is 34.5 Å². The number of carbonyl (C=O) groups excluding carboxylic acids is 5. The van der Waals surface area contributed by atoms with Gasteiger partial charge in [-0.05, 0) is 180 Å².